The summed E-state index contributed by atoms with van der Waals surface area (Å²) in [5.74, 6) is 5.16. The number of rotatable bonds is 5. The van der Waals surface area contributed by atoms with Gasteiger partial charge in [0.1, 0.15) is 0 Å². The Morgan fingerprint density at radius 3 is 2.42 bits per heavy atom. The Kier molecular flexibility index (Phi) is 6.59. The van der Waals surface area contributed by atoms with Crippen molar-refractivity contribution in [3.8, 4) is 0 Å². The SMILES string of the molecule is C/C=C(/CC[C@@H](C)[C@H]1CC[C@H]2C3=CC[C@H]4[C@@H](C)[C@@H](O)CC[C@]4(C)[C@H]3CC[C@]12C)C(C)C. The first-order valence-corrected chi connectivity index (χ1v) is 13.7. The first-order valence-electron chi connectivity index (χ1n) is 13.7. The van der Waals surface area contributed by atoms with Gasteiger partial charge < -0.3 is 5.11 Å². The Balaban J connectivity index is 1.51. The van der Waals surface area contributed by atoms with Crippen LogP contribution in [0.2, 0.25) is 0 Å². The van der Waals surface area contributed by atoms with Gasteiger partial charge in [-0.1, -0.05) is 64.8 Å². The molecule has 0 aromatic heterocycles. The van der Waals surface area contributed by atoms with E-state index in [0.29, 0.717) is 28.6 Å². The zero-order valence-electron chi connectivity index (χ0n) is 21.6. The van der Waals surface area contributed by atoms with Crippen molar-refractivity contribution < 1.29 is 5.11 Å². The monoisotopic (exact) mass is 426 g/mol. The average Bonchev–Trinajstić information content (AvgIpc) is 3.08. The summed E-state index contributed by atoms with van der Waals surface area (Å²) in [4.78, 5) is 0. The highest BCUT2D eigenvalue weighted by Gasteiger charge is 2.59. The van der Waals surface area contributed by atoms with Crippen LogP contribution in [0, 0.1) is 52.3 Å². The van der Waals surface area contributed by atoms with Crippen LogP contribution < -0.4 is 0 Å². The van der Waals surface area contributed by atoms with Gasteiger partial charge in [-0.25, -0.2) is 0 Å². The number of allylic oxidation sites excluding steroid dienone is 4. The summed E-state index contributed by atoms with van der Waals surface area (Å²) < 4.78 is 0. The van der Waals surface area contributed by atoms with Gasteiger partial charge in [-0.15, -0.1) is 0 Å². The van der Waals surface area contributed by atoms with Crippen molar-refractivity contribution in [3.05, 3.63) is 23.3 Å². The predicted octanol–water partition coefficient (Wildman–Crippen LogP) is 8.19. The van der Waals surface area contributed by atoms with Crippen LogP contribution in [0.5, 0.6) is 0 Å². The van der Waals surface area contributed by atoms with Crippen LogP contribution in [0.4, 0.5) is 0 Å². The maximum Gasteiger partial charge on any atom is 0.0568 e. The minimum absolute atomic E-state index is 0.0773. The standard InChI is InChI=1S/C30H50O/c1-8-22(19(2)3)10-9-20(4)24-13-14-26-23-11-12-25-21(5)28(31)16-18-30(25,7)27(23)15-17-29(24,26)6/h8,11,19-21,24-28,31H,9-10,12-18H2,1-7H3/b22-8-/t20-,21-,24-,25+,26+,27+,28+,29-,30+/m1/s1. The third-order valence-electron chi connectivity index (χ3n) is 11.3. The minimum atomic E-state index is -0.0773. The molecule has 4 aliphatic carbocycles. The van der Waals surface area contributed by atoms with Crippen LogP contribution in [0.25, 0.3) is 0 Å². The summed E-state index contributed by atoms with van der Waals surface area (Å²) in [6.45, 7) is 17.1. The van der Waals surface area contributed by atoms with Crippen molar-refractivity contribution in [2.75, 3.05) is 0 Å². The smallest absolute Gasteiger partial charge is 0.0568 e. The van der Waals surface area contributed by atoms with E-state index in [0.717, 1.165) is 30.1 Å². The van der Waals surface area contributed by atoms with E-state index in [2.05, 4.69) is 60.6 Å². The van der Waals surface area contributed by atoms with E-state index in [-0.39, 0.29) is 6.10 Å². The Morgan fingerprint density at radius 2 is 1.74 bits per heavy atom. The van der Waals surface area contributed by atoms with Gasteiger partial charge in [0.25, 0.3) is 0 Å². The van der Waals surface area contributed by atoms with Gasteiger partial charge in [0.05, 0.1) is 6.10 Å². The van der Waals surface area contributed by atoms with Crippen molar-refractivity contribution in [3.63, 3.8) is 0 Å². The first kappa shape index (κ1) is 23.6. The van der Waals surface area contributed by atoms with Crippen LogP contribution in [-0.2, 0) is 0 Å². The summed E-state index contributed by atoms with van der Waals surface area (Å²) >= 11 is 0. The zero-order chi connectivity index (χ0) is 22.6. The summed E-state index contributed by atoms with van der Waals surface area (Å²) in [5, 5.41) is 10.5. The van der Waals surface area contributed by atoms with Crippen molar-refractivity contribution in [2.24, 2.45) is 52.3 Å². The first-order chi connectivity index (χ1) is 14.6. The second kappa shape index (κ2) is 8.66. The molecule has 0 aromatic carbocycles. The van der Waals surface area contributed by atoms with Gasteiger partial charge in [0, 0.05) is 0 Å². The molecule has 0 amide bonds. The highest BCUT2D eigenvalue weighted by molar-refractivity contribution is 5.28. The molecule has 1 N–H and O–H groups in total. The Bertz CT molecular complexity index is 716. The molecule has 9 atom stereocenters. The van der Waals surface area contributed by atoms with Gasteiger partial charge in [-0.05, 0) is 117 Å². The molecule has 0 bridgehead atoms. The summed E-state index contributed by atoms with van der Waals surface area (Å²) in [6, 6.07) is 0. The van der Waals surface area contributed by atoms with Crippen molar-refractivity contribution in [2.45, 2.75) is 112 Å². The Hall–Kier alpha value is -0.560. The second-order valence-electron chi connectivity index (χ2n) is 12.9. The molecule has 4 aliphatic rings. The number of hydrogen-bond acceptors (Lipinski definition) is 1. The van der Waals surface area contributed by atoms with Crippen molar-refractivity contribution in [1.29, 1.82) is 0 Å². The number of fused-ring (bicyclic) bond motifs is 5. The molecule has 4 rings (SSSR count). The third-order valence-corrected chi connectivity index (χ3v) is 11.3. The second-order valence-corrected chi connectivity index (χ2v) is 12.9. The van der Waals surface area contributed by atoms with Gasteiger partial charge in [-0.2, -0.15) is 0 Å². The van der Waals surface area contributed by atoms with Gasteiger partial charge >= 0.3 is 0 Å². The maximum atomic E-state index is 10.5. The van der Waals surface area contributed by atoms with Crippen molar-refractivity contribution in [1.82, 2.24) is 0 Å². The molecule has 0 unspecified atom stereocenters. The lowest BCUT2D eigenvalue weighted by Crippen LogP contribution is -2.52. The van der Waals surface area contributed by atoms with Crippen LogP contribution >= 0.6 is 0 Å². The molecular weight excluding hydrogens is 376 g/mol. The highest BCUT2D eigenvalue weighted by atomic mass is 16.3. The predicted molar refractivity (Wildman–Crippen MR) is 133 cm³/mol. The van der Waals surface area contributed by atoms with Crippen LogP contribution in [0.3, 0.4) is 0 Å². The Labute approximate surface area is 193 Å². The maximum absolute atomic E-state index is 10.5. The van der Waals surface area contributed by atoms with Crippen LogP contribution in [0.15, 0.2) is 23.3 Å². The number of hydrogen-bond donors (Lipinski definition) is 1. The fourth-order valence-corrected chi connectivity index (χ4v) is 9.28. The van der Waals surface area contributed by atoms with Gasteiger partial charge in [-0.3, -0.25) is 0 Å². The lowest BCUT2D eigenvalue weighted by Gasteiger charge is -2.59. The van der Waals surface area contributed by atoms with Gasteiger partial charge in [0.2, 0.25) is 0 Å². The average molecular weight is 427 g/mol. The quantitative estimate of drug-likeness (QED) is 0.439. The lowest BCUT2D eigenvalue weighted by molar-refractivity contribution is -0.0773. The summed E-state index contributed by atoms with van der Waals surface area (Å²) in [7, 11) is 0. The molecule has 3 saturated carbocycles. The largest absolute Gasteiger partial charge is 0.393 e. The summed E-state index contributed by atoms with van der Waals surface area (Å²) in [6.07, 6.45) is 16.8. The molecule has 0 spiro atoms. The fourth-order valence-electron chi connectivity index (χ4n) is 9.28. The van der Waals surface area contributed by atoms with E-state index in [4.69, 9.17) is 0 Å². The molecule has 3 fully saturated rings. The molecule has 0 saturated heterocycles. The van der Waals surface area contributed by atoms with Crippen LogP contribution in [0.1, 0.15) is 106 Å². The third kappa shape index (κ3) is 3.79. The molecule has 0 aliphatic heterocycles. The molecule has 1 heteroatoms. The fraction of sp³-hybridized carbons (Fsp3) is 0.867. The molecule has 1 nitrogen and oxygen atoms in total. The molecular formula is C30H50O. The number of aliphatic hydroxyl groups is 1. The minimum Gasteiger partial charge on any atom is -0.393 e. The topological polar surface area (TPSA) is 20.2 Å². The molecule has 0 heterocycles. The van der Waals surface area contributed by atoms with E-state index < -0.39 is 0 Å². The van der Waals surface area contributed by atoms with Gasteiger partial charge in [0.15, 0.2) is 0 Å². The van der Waals surface area contributed by atoms with E-state index in [1.165, 1.54) is 51.4 Å². The van der Waals surface area contributed by atoms with E-state index in [1.54, 1.807) is 5.57 Å². The number of aliphatic hydroxyl groups excluding tert-OH is 1. The summed E-state index contributed by atoms with van der Waals surface area (Å²) in [5.41, 5.74) is 4.45. The van der Waals surface area contributed by atoms with Crippen molar-refractivity contribution >= 4 is 0 Å². The molecule has 31 heavy (non-hydrogen) atoms. The molecule has 0 radical (unpaired) electrons. The van der Waals surface area contributed by atoms with E-state index >= 15 is 0 Å². The van der Waals surface area contributed by atoms with Crippen LogP contribution in [-0.4, -0.2) is 11.2 Å². The molecule has 176 valence electrons. The van der Waals surface area contributed by atoms with E-state index in [1.807, 2.05) is 5.57 Å². The highest BCUT2D eigenvalue weighted by Crippen LogP contribution is 2.67. The zero-order valence-corrected chi connectivity index (χ0v) is 21.6. The lowest BCUT2D eigenvalue weighted by atomic mass is 9.46. The molecule has 0 aromatic rings. The van der Waals surface area contributed by atoms with E-state index in [9.17, 15) is 5.11 Å². The normalized spacial score (nSPS) is 46.2. The Morgan fingerprint density at radius 1 is 1.06 bits per heavy atom.